The van der Waals surface area contributed by atoms with Gasteiger partial charge in [0.05, 0.1) is 19.6 Å². The third kappa shape index (κ3) is 6.19. The van der Waals surface area contributed by atoms with Crippen LogP contribution in [0.15, 0.2) is 40.7 Å². The van der Waals surface area contributed by atoms with Crippen LogP contribution in [0.3, 0.4) is 0 Å². The molecule has 5 nitrogen and oxygen atoms in total. The summed E-state index contributed by atoms with van der Waals surface area (Å²) in [7, 11) is 3.41. The first-order valence-electron chi connectivity index (χ1n) is 7.95. The minimum atomic E-state index is -0.239. The minimum Gasteiger partial charge on any atom is -0.351 e. The number of rotatable bonds is 6. The lowest BCUT2D eigenvalue weighted by Crippen LogP contribution is -2.42. The zero-order chi connectivity index (χ0) is 18.2. The Labute approximate surface area is 151 Å². The van der Waals surface area contributed by atoms with Crippen LogP contribution in [0.2, 0.25) is 0 Å². The number of aryl methyl sites for hydroxylation is 1. The molecule has 0 aliphatic rings. The predicted octanol–water partition coefficient (Wildman–Crippen LogP) is 2.52. The van der Waals surface area contributed by atoms with Gasteiger partial charge in [0.1, 0.15) is 5.82 Å². The van der Waals surface area contributed by atoms with E-state index in [0.29, 0.717) is 24.6 Å². The van der Waals surface area contributed by atoms with Gasteiger partial charge in [-0.1, -0.05) is 18.2 Å². The first-order chi connectivity index (χ1) is 12.0. The number of benzene rings is 1. The largest absolute Gasteiger partial charge is 0.351 e. The van der Waals surface area contributed by atoms with Gasteiger partial charge in [0.15, 0.2) is 5.96 Å². The number of guanidine groups is 1. The Morgan fingerprint density at radius 1 is 1.28 bits per heavy atom. The Morgan fingerprint density at radius 3 is 2.72 bits per heavy atom. The van der Waals surface area contributed by atoms with Crippen molar-refractivity contribution in [3.8, 4) is 0 Å². The van der Waals surface area contributed by atoms with Crippen LogP contribution >= 0.6 is 11.3 Å². The number of amides is 1. The first kappa shape index (κ1) is 18.9. The topological polar surface area (TPSA) is 56.7 Å². The van der Waals surface area contributed by atoms with Crippen LogP contribution in [-0.2, 0) is 17.9 Å². The van der Waals surface area contributed by atoms with Gasteiger partial charge in [-0.05, 0) is 35.6 Å². The fraction of sp³-hybridized carbons (Fsp3) is 0.333. The molecule has 2 rings (SSSR count). The lowest BCUT2D eigenvalue weighted by atomic mass is 10.1. The number of aliphatic imine (C=N–C) groups is 1. The molecule has 1 amide bonds. The van der Waals surface area contributed by atoms with Crippen LogP contribution in [0.25, 0.3) is 0 Å². The van der Waals surface area contributed by atoms with Crippen molar-refractivity contribution in [2.45, 2.75) is 20.0 Å². The molecule has 0 aliphatic heterocycles. The quantitative estimate of drug-likeness (QED) is 0.613. The van der Waals surface area contributed by atoms with Crippen molar-refractivity contribution < 1.29 is 9.18 Å². The van der Waals surface area contributed by atoms with Crippen molar-refractivity contribution in [3.05, 3.63) is 57.5 Å². The van der Waals surface area contributed by atoms with Gasteiger partial charge in [0, 0.05) is 19.0 Å². The zero-order valence-electron chi connectivity index (χ0n) is 14.7. The van der Waals surface area contributed by atoms with E-state index in [1.807, 2.05) is 23.6 Å². The SMILES string of the molecule is Cc1ccc(CN=C(NCC(=O)N(C)C)NCc2cccs2)cc1F. The molecule has 0 bridgehead atoms. The minimum absolute atomic E-state index is 0.0491. The van der Waals surface area contributed by atoms with E-state index in [0.717, 1.165) is 10.4 Å². The van der Waals surface area contributed by atoms with Gasteiger partial charge in [-0.2, -0.15) is 0 Å². The highest BCUT2D eigenvalue weighted by Gasteiger charge is 2.07. The van der Waals surface area contributed by atoms with Gasteiger partial charge >= 0.3 is 0 Å². The molecule has 1 heterocycles. The maximum Gasteiger partial charge on any atom is 0.241 e. The second kappa shape index (κ2) is 9.17. The van der Waals surface area contributed by atoms with E-state index in [9.17, 15) is 9.18 Å². The lowest BCUT2D eigenvalue weighted by molar-refractivity contribution is -0.127. The lowest BCUT2D eigenvalue weighted by Gasteiger charge is -2.14. The Hall–Kier alpha value is -2.41. The molecule has 0 spiro atoms. The van der Waals surface area contributed by atoms with Crippen LogP contribution in [0.1, 0.15) is 16.0 Å². The molecule has 2 aromatic rings. The molecule has 0 aliphatic carbocycles. The summed E-state index contributed by atoms with van der Waals surface area (Å²) in [6.07, 6.45) is 0. The fourth-order valence-electron chi connectivity index (χ4n) is 1.98. The molecular weight excluding hydrogens is 339 g/mol. The Morgan fingerprint density at radius 2 is 2.08 bits per heavy atom. The molecule has 0 radical (unpaired) electrons. The van der Waals surface area contributed by atoms with Crippen molar-refractivity contribution >= 4 is 23.2 Å². The van der Waals surface area contributed by atoms with Crippen molar-refractivity contribution in [1.82, 2.24) is 15.5 Å². The van der Waals surface area contributed by atoms with Crippen molar-refractivity contribution in [1.29, 1.82) is 0 Å². The summed E-state index contributed by atoms with van der Waals surface area (Å²) in [6, 6.07) is 9.08. The summed E-state index contributed by atoms with van der Waals surface area (Å²) in [5.41, 5.74) is 1.39. The monoisotopic (exact) mass is 362 g/mol. The van der Waals surface area contributed by atoms with Crippen LogP contribution in [0.4, 0.5) is 4.39 Å². The number of nitrogens with zero attached hydrogens (tertiary/aromatic N) is 2. The van der Waals surface area contributed by atoms with Crippen LogP contribution in [0, 0.1) is 12.7 Å². The summed E-state index contributed by atoms with van der Waals surface area (Å²) in [6.45, 7) is 2.81. The first-order valence-corrected chi connectivity index (χ1v) is 8.83. The predicted molar refractivity (Wildman–Crippen MR) is 100 cm³/mol. The molecular formula is C18H23FN4OS. The van der Waals surface area contributed by atoms with E-state index >= 15 is 0 Å². The molecule has 0 unspecified atom stereocenters. The van der Waals surface area contributed by atoms with E-state index in [4.69, 9.17) is 0 Å². The average molecular weight is 362 g/mol. The number of thiophene rings is 1. The van der Waals surface area contributed by atoms with Gasteiger partial charge in [-0.25, -0.2) is 9.38 Å². The fourth-order valence-corrected chi connectivity index (χ4v) is 2.63. The molecule has 25 heavy (non-hydrogen) atoms. The maximum atomic E-state index is 13.7. The van der Waals surface area contributed by atoms with Gasteiger partial charge in [-0.15, -0.1) is 11.3 Å². The van der Waals surface area contributed by atoms with Gasteiger partial charge < -0.3 is 15.5 Å². The van der Waals surface area contributed by atoms with Crippen LogP contribution in [-0.4, -0.2) is 37.4 Å². The molecule has 0 atom stereocenters. The molecule has 0 fully saturated rings. The van der Waals surface area contributed by atoms with E-state index in [-0.39, 0.29) is 18.3 Å². The molecule has 7 heteroatoms. The van der Waals surface area contributed by atoms with E-state index in [2.05, 4.69) is 15.6 Å². The Bertz CT molecular complexity index is 729. The van der Waals surface area contributed by atoms with Crippen LogP contribution < -0.4 is 10.6 Å². The number of carbonyl (C=O) groups is 1. The summed E-state index contributed by atoms with van der Waals surface area (Å²) in [5.74, 6) is 0.230. The van der Waals surface area contributed by atoms with E-state index in [1.54, 1.807) is 38.4 Å². The molecule has 1 aromatic heterocycles. The Kier molecular flexibility index (Phi) is 6.94. The standard InChI is InChI=1S/C18H23FN4OS/c1-13-6-7-14(9-16(13)19)10-20-18(22-12-17(24)23(2)3)21-11-15-5-4-8-25-15/h4-9H,10-12H2,1-3H3,(H2,20,21,22). The second-order valence-corrected chi connectivity index (χ2v) is 6.86. The number of carbonyl (C=O) groups excluding carboxylic acids is 1. The molecule has 0 saturated heterocycles. The molecule has 1 aromatic carbocycles. The van der Waals surface area contributed by atoms with Gasteiger partial charge in [-0.3, -0.25) is 4.79 Å². The third-order valence-corrected chi connectivity index (χ3v) is 4.45. The molecule has 2 N–H and O–H groups in total. The third-order valence-electron chi connectivity index (χ3n) is 3.57. The van der Waals surface area contributed by atoms with Crippen molar-refractivity contribution in [3.63, 3.8) is 0 Å². The number of likely N-dealkylation sites (N-methyl/N-ethyl adjacent to an activating group) is 1. The summed E-state index contributed by atoms with van der Waals surface area (Å²) < 4.78 is 13.7. The Balaban J connectivity index is 2.02. The van der Waals surface area contributed by atoms with Crippen molar-refractivity contribution in [2.24, 2.45) is 4.99 Å². The number of nitrogens with one attached hydrogen (secondary N) is 2. The smallest absolute Gasteiger partial charge is 0.241 e. The molecule has 134 valence electrons. The number of halogens is 1. The highest BCUT2D eigenvalue weighted by molar-refractivity contribution is 7.09. The highest BCUT2D eigenvalue weighted by Crippen LogP contribution is 2.10. The number of hydrogen-bond donors (Lipinski definition) is 2. The number of hydrogen-bond acceptors (Lipinski definition) is 3. The summed E-state index contributed by atoms with van der Waals surface area (Å²) in [5, 5.41) is 8.22. The maximum absolute atomic E-state index is 13.7. The summed E-state index contributed by atoms with van der Waals surface area (Å²) in [4.78, 5) is 18.9. The van der Waals surface area contributed by atoms with E-state index < -0.39 is 0 Å². The second-order valence-electron chi connectivity index (χ2n) is 5.82. The highest BCUT2D eigenvalue weighted by atomic mass is 32.1. The van der Waals surface area contributed by atoms with Gasteiger partial charge in [0.2, 0.25) is 5.91 Å². The van der Waals surface area contributed by atoms with Gasteiger partial charge in [0.25, 0.3) is 0 Å². The zero-order valence-corrected chi connectivity index (χ0v) is 15.5. The van der Waals surface area contributed by atoms with E-state index in [1.165, 1.54) is 11.0 Å². The average Bonchev–Trinajstić information content (AvgIpc) is 3.10. The summed E-state index contributed by atoms with van der Waals surface area (Å²) >= 11 is 1.64. The van der Waals surface area contributed by atoms with Crippen molar-refractivity contribution in [2.75, 3.05) is 20.6 Å². The van der Waals surface area contributed by atoms with Crippen LogP contribution in [0.5, 0.6) is 0 Å². The normalized spacial score (nSPS) is 11.3. The molecule has 0 saturated carbocycles.